The minimum absolute atomic E-state index is 0.288. The van der Waals surface area contributed by atoms with E-state index in [4.69, 9.17) is 5.73 Å². The molecule has 28 heavy (non-hydrogen) atoms. The highest BCUT2D eigenvalue weighted by Gasteiger charge is 2.19. The topological polar surface area (TPSA) is 80.6 Å². The lowest BCUT2D eigenvalue weighted by Crippen LogP contribution is -2.03. The average molecular weight is 392 g/mol. The number of nitrogens with two attached hydrogens (primary N) is 1. The molecule has 0 spiro atoms. The molecule has 1 aromatic carbocycles. The molecule has 3 N–H and O–H groups in total. The van der Waals surface area contributed by atoms with Crippen molar-refractivity contribution in [2.75, 3.05) is 5.73 Å². The molecular formula is C20H17FN6S. The van der Waals surface area contributed by atoms with Crippen molar-refractivity contribution in [2.24, 2.45) is 5.10 Å². The number of nitrogens with one attached hydrogen (secondary N) is 1. The van der Waals surface area contributed by atoms with Gasteiger partial charge in [0.2, 0.25) is 0 Å². The zero-order chi connectivity index (χ0) is 19.7. The second-order valence-corrected chi connectivity index (χ2v) is 7.05. The van der Waals surface area contributed by atoms with Gasteiger partial charge in [-0.2, -0.15) is 5.10 Å². The van der Waals surface area contributed by atoms with E-state index in [-0.39, 0.29) is 11.6 Å². The van der Waals surface area contributed by atoms with Crippen molar-refractivity contribution in [3.8, 4) is 21.8 Å². The first-order valence-corrected chi connectivity index (χ1v) is 9.31. The summed E-state index contributed by atoms with van der Waals surface area (Å²) in [5.74, 6) is -0.0460. The van der Waals surface area contributed by atoms with Gasteiger partial charge in [-0.1, -0.05) is 18.2 Å². The van der Waals surface area contributed by atoms with Crippen molar-refractivity contribution in [3.05, 3.63) is 65.6 Å². The predicted molar refractivity (Wildman–Crippen MR) is 112 cm³/mol. The molecular weight excluding hydrogens is 375 g/mol. The van der Waals surface area contributed by atoms with Gasteiger partial charge in [-0.3, -0.25) is 9.83 Å². The van der Waals surface area contributed by atoms with Crippen LogP contribution in [0.5, 0.6) is 0 Å². The maximum atomic E-state index is 13.9. The van der Waals surface area contributed by atoms with E-state index in [1.165, 1.54) is 12.1 Å². The standard InChI is InChI=1S/C20H17FN6S/c1-3-14(26-23-2)15-7-8-16(28-15)18-17(12-5-4-6-13(21)11-12)25-19(22)20-24-9-10-27(18)20/h3-11,26H,2H2,1H3,(H2,22,25)/b14-3-. The van der Waals surface area contributed by atoms with Gasteiger partial charge in [0, 0.05) is 24.7 Å². The summed E-state index contributed by atoms with van der Waals surface area (Å²) in [5, 5.41) is 3.75. The Bertz CT molecular complexity index is 1210. The molecule has 6 nitrogen and oxygen atoms in total. The second kappa shape index (κ2) is 7.24. The molecule has 0 atom stereocenters. The lowest BCUT2D eigenvalue weighted by atomic mass is 10.1. The van der Waals surface area contributed by atoms with Gasteiger partial charge in [-0.05, 0) is 31.2 Å². The molecule has 140 valence electrons. The first-order chi connectivity index (χ1) is 13.6. The van der Waals surface area contributed by atoms with E-state index in [1.807, 2.05) is 41.8 Å². The minimum Gasteiger partial charge on any atom is -0.381 e. The van der Waals surface area contributed by atoms with Crippen molar-refractivity contribution in [1.82, 2.24) is 19.8 Å². The van der Waals surface area contributed by atoms with Crippen molar-refractivity contribution >= 4 is 35.2 Å². The maximum absolute atomic E-state index is 13.9. The molecule has 0 bridgehead atoms. The molecule has 0 saturated carbocycles. The van der Waals surface area contributed by atoms with Gasteiger partial charge in [0.1, 0.15) is 5.82 Å². The summed E-state index contributed by atoms with van der Waals surface area (Å²) in [5.41, 5.74) is 12.4. The van der Waals surface area contributed by atoms with Crippen LogP contribution in [0.2, 0.25) is 0 Å². The lowest BCUT2D eigenvalue weighted by molar-refractivity contribution is 0.628. The molecule has 0 aliphatic carbocycles. The molecule has 0 amide bonds. The SMILES string of the molecule is C=NN/C(=C\C)c1ccc(-c2c(-c3cccc(F)c3)nc(N)c3nccn23)s1. The molecule has 3 heterocycles. The Morgan fingerprint density at radius 2 is 2.21 bits per heavy atom. The highest BCUT2D eigenvalue weighted by Crippen LogP contribution is 2.38. The number of fused-ring (bicyclic) bond motifs is 1. The monoisotopic (exact) mass is 392 g/mol. The number of hydrazone groups is 1. The average Bonchev–Trinajstić information content (AvgIpc) is 3.36. The maximum Gasteiger partial charge on any atom is 0.180 e. The lowest BCUT2D eigenvalue weighted by Gasteiger charge is -2.12. The molecule has 4 rings (SSSR count). The van der Waals surface area contributed by atoms with Crippen molar-refractivity contribution in [2.45, 2.75) is 6.92 Å². The smallest absolute Gasteiger partial charge is 0.180 e. The van der Waals surface area contributed by atoms with Crippen molar-refractivity contribution in [3.63, 3.8) is 0 Å². The van der Waals surface area contributed by atoms with Crippen LogP contribution in [0.15, 0.2) is 60.0 Å². The molecule has 0 fully saturated rings. The van der Waals surface area contributed by atoms with Gasteiger partial charge in [-0.25, -0.2) is 14.4 Å². The number of nitrogens with zero attached hydrogens (tertiary/aromatic N) is 4. The number of rotatable bonds is 5. The summed E-state index contributed by atoms with van der Waals surface area (Å²) in [4.78, 5) is 10.8. The zero-order valence-corrected chi connectivity index (χ0v) is 15.9. The minimum atomic E-state index is -0.334. The van der Waals surface area contributed by atoms with Gasteiger partial charge in [-0.15, -0.1) is 11.3 Å². The van der Waals surface area contributed by atoms with Crippen molar-refractivity contribution in [1.29, 1.82) is 0 Å². The van der Waals surface area contributed by atoms with Crippen LogP contribution in [0.3, 0.4) is 0 Å². The fraction of sp³-hybridized carbons (Fsp3) is 0.0500. The van der Waals surface area contributed by atoms with E-state index < -0.39 is 0 Å². The molecule has 0 aliphatic rings. The van der Waals surface area contributed by atoms with Gasteiger partial charge >= 0.3 is 0 Å². The van der Waals surface area contributed by atoms with Crippen LogP contribution in [-0.4, -0.2) is 21.1 Å². The summed E-state index contributed by atoms with van der Waals surface area (Å²) in [6.07, 6.45) is 5.41. The Morgan fingerprint density at radius 1 is 1.36 bits per heavy atom. The molecule has 8 heteroatoms. The van der Waals surface area contributed by atoms with E-state index in [9.17, 15) is 4.39 Å². The normalized spacial score (nSPS) is 11.7. The second-order valence-electron chi connectivity index (χ2n) is 5.96. The molecule has 3 aromatic heterocycles. The van der Waals surface area contributed by atoms with E-state index in [2.05, 4.69) is 27.2 Å². The van der Waals surface area contributed by atoms with Gasteiger partial charge in [0.05, 0.1) is 26.8 Å². The van der Waals surface area contributed by atoms with Gasteiger partial charge in [0.15, 0.2) is 11.5 Å². The first kappa shape index (κ1) is 17.9. The Balaban J connectivity index is 1.97. The van der Waals surface area contributed by atoms with Crippen LogP contribution >= 0.6 is 11.3 Å². The third-order valence-corrected chi connectivity index (χ3v) is 5.38. The van der Waals surface area contributed by atoms with Crippen LogP contribution < -0.4 is 11.2 Å². The summed E-state index contributed by atoms with van der Waals surface area (Å²) in [7, 11) is 0. The van der Waals surface area contributed by atoms with Gasteiger partial charge < -0.3 is 5.73 Å². The van der Waals surface area contributed by atoms with Crippen molar-refractivity contribution < 1.29 is 4.39 Å². The van der Waals surface area contributed by atoms with E-state index in [1.54, 1.807) is 23.6 Å². The summed E-state index contributed by atoms with van der Waals surface area (Å²) in [6.45, 7) is 5.40. The number of aromatic nitrogens is 3. The number of benzene rings is 1. The molecule has 4 aromatic rings. The highest BCUT2D eigenvalue weighted by molar-refractivity contribution is 7.16. The molecule has 0 unspecified atom stereocenters. The van der Waals surface area contributed by atoms with Crippen LogP contribution in [-0.2, 0) is 0 Å². The third-order valence-electron chi connectivity index (χ3n) is 4.26. The number of allylic oxidation sites excluding steroid dienone is 1. The van der Waals surface area contributed by atoms with Crippen LogP contribution in [0.1, 0.15) is 11.8 Å². The van der Waals surface area contributed by atoms with E-state index in [0.717, 1.165) is 21.1 Å². The Labute approximate surface area is 164 Å². The summed E-state index contributed by atoms with van der Waals surface area (Å²) < 4.78 is 15.8. The molecule has 0 saturated heterocycles. The Morgan fingerprint density at radius 3 is 2.96 bits per heavy atom. The quantitative estimate of drug-likeness (QED) is 0.389. The number of halogens is 1. The van der Waals surface area contributed by atoms with Crippen LogP contribution in [0.25, 0.3) is 33.2 Å². The number of hydrogen-bond acceptors (Lipinski definition) is 6. The van der Waals surface area contributed by atoms with E-state index >= 15 is 0 Å². The number of imidazole rings is 1. The fourth-order valence-corrected chi connectivity index (χ4v) is 4.11. The summed E-state index contributed by atoms with van der Waals surface area (Å²) in [6, 6.07) is 10.3. The van der Waals surface area contributed by atoms with Gasteiger partial charge in [0.25, 0.3) is 0 Å². The highest BCUT2D eigenvalue weighted by atomic mass is 32.1. The number of hydrogen-bond donors (Lipinski definition) is 2. The largest absolute Gasteiger partial charge is 0.381 e. The number of nitrogen functional groups attached to an aromatic ring is 1. The Hall–Kier alpha value is -3.52. The van der Waals surface area contributed by atoms with E-state index in [0.29, 0.717) is 16.9 Å². The number of thiophene rings is 1. The fourth-order valence-electron chi connectivity index (χ4n) is 3.04. The Kier molecular flexibility index (Phi) is 4.62. The van der Waals surface area contributed by atoms with Crippen LogP contribution in [0, 0.1) is 5.82 Å². The summed E-state index contributed by atoms with van der Waals surface area (Å²) >= 11 is 1.55. The first-order valence-electron chi connectivity index (χ1n) is 8.49. The molecule has 0 aliphatic heterocycles. The third kappa shape index (κ3) is 3.03. The predicted octanol–water partition coefficient (Wildman–Crippen LogP) is 4.41. The van der Waals surface area contributed by atoms with Crippen LogP contribution in [0.4, 0.5) is 10.2 Å². The molecule has 0 radical (unpaired) electrons. The number of anilines is 1. The zero-order valence-electron chi connectivity index (χ0n) is 15.1.